The summed E-state index contributed by atoms with van der Waals surface area (Å²) in [6.45, 7) is 1.10. The Labute approximate surface area is 127 Å². The summed E-state index contributed by atoms with van der Waals surface area (Å²) in [4.78, 5) is 29.4. The molecule has 1 saturated heterocycles. The summed E-state index contributed by atoms with van der Waals surface area (Å²) in [5, 5.41) is 3.89. The minimum atomic E-state index is -0.278. The first-order valence-electron chi connectivity index (χ1n) is 7.09. The van der Waals surface area contributed by atoms with Gasteiger partial charge in [0.05, 0.1) is 6.54 Å². The van der Waals surface area contributed by atoms with Crippen LogP contribution < -0.4 is 10.3 Å². The van der Waals surface area contributed by atoms with E-state index in [-0.39, 0.29) is 24.1 Å². The van der Waals surface area contributed by atoms with Gasteiger partial charge < -0.3 is 9.64 Å². The largest absolute Gasteiger partial charge is 0.488 e. The van der Waals surface area contributed by atoms with E-state index < -0.39 is 0 Å². The zero-order valence-corrected chi connectivity index (χ0v) is 12.0. The molecule has 2 aromatic heterocycles. The average molecular weight is 300 g/mol. The third kappa shape index (κ3) is 3.30. The van der Waals surface area contributed by atoms with Crippen LogP contribution in [0.3, 0.4) is 0 Å². The van der Waals surface area contributed by atoms with E-state index in [2.05, 4.69) is 10.1 Å². The molecule has 0 unspecified atom stereocenters. The highest BCUT2D eigenvalue weighted by molar-refractivity contribution is 5.76. The van der Waals surface area contributed by atoms with E-state index in [9.17, 15) is 9.59 Å². The fourth-order valence-corrected chi connectivity index (χ4v) is 2.39. The van der Waals surface area contributed by atoms with Crippen molar-refractivity contribution in [2.45, 2.75) is 19.1 Å². The number of carbonyl (C=O) groups is 1. The Hall–Kier alpha value is -2.70. The van der Waals surface area contributed by atoms with Gasteiger partial charge in [-0.1, -0.05) is 0 Å². The molecule has 7 heteroatoms. The van der Waals surface area contributed by atoms with Crippen molar-refractivity contribution in [2.24, 2.45) is 0 Å². The molecule has 1 atom stereocenters. The van der Waals surface area contributed by atoms with Crippen molar-refractivity contribution < 1.29 is 9.53 Å². The summed E-state index contributed by atoms with van der Waals surface area (Å²) in [5.41, 5.74) is -0.278. The topological polar surface area (TPSA) is 77.3 Å². The molecule has 0 N–H and O–H groups in total. The maximum Gasteiger partial charge on any atom is 0.267 e. The Kier molecular flexibility index (Phi) is 4.13. The summed E-state index contributed by atoms with van der Waals surface area (Å²) in [6.07, 6.45) is 5.56. The molecule has 22 heavy (non-hydrogen) atoms. The van der Waals surface area contributed by atoms with Crippen molar-refractivity contribution in [3.05, 3.63) is 53.2 Å². The molecule has 0 spiro atoms. The lowest BCUT2D eigenvalue weighted by Gasteiger charge is -2.17. The second-order valence-electron chi connectivity index (χ2n) is 5.07. The molecule has 3 heterocycles. The van der Waals surface area contributed by atoms with Gasteiger partial charge in [-0.15, -0.1) is 0 Å². The third-order valence-corrected chi connectivity index (χ3v) is 3.52. The van der Waals surface area contributed by atoms with Crippen LogP contribution in [0.1, 0.15) is 6.42 Å². The number of rotatable bonds is 4. The average Bonchev–Trinajstić information content (AvgIpc) is 2.99. The first kappa shape index (κ1) is 14.2. The van der Waals surface area contributed by atoms with Crippen molar-refractivity contribution in [2.75, 3.05) is 13.1 Å². The Bertz CT molecular complexity index is 701. The van der Waals surface area contributed by atoms with Crippen LogP contribution in [0.25, 0.3) is 0 Å². The van der Waals surface area contributed by atoms with Crippen LogP contribution in [0, 0.1) is 0 Å². The highest BCUT2D eigenvalue weighted by Crippen LogP contribution is 2.17. The van der Waals surface area contributed by atoms with Gasteiger partial charge in [0.15, 0.2) is 0 Å². The molecular formula is C15H16N4O3. The number of ether oxygens (including phenoxy) is 1. The third-order valence-electron chi connectivity index (χ3n) is 3.52. The number of aromatic nitrogens is 3. The Balaban J connectivity index is 1.57. The first-order valence-corrected chi connectivity index (χ1v) is 7.09. The van der Waals surface area contributed by atoms with Crippen LogP contribution in [0.4, 0.5) is 0 Å². The second kappa shape index (κ2) is 6.38. The van der Waals surface area contributed by atoms with Gasteiger partial charge in [0.1, 0.15) is 18.4 Å². The maximum atomic E-state index is 12.2. The second-order valence-corrected chi connectivity index (χ2v) is 5.07. The number of likely N-dealkylation sites (tertiary alicyclic amines) is 1. The number of hydrogen-bond donors (Lipinski definition) is 0. The van der Waals surface area contributed by atoms with Crippen LogP contribution in [0.15, 0.2) is 47.7 Å². The molecule has 1 aliphatic heterocycles. The van der Waals surface area contributed by atoms with Crippen LogP contribution in [-0.2, 0) is 11.3 Å². The zero-order chi connectivity index (χ0) is 15.4. The first-order chi connectivity index (χ1) is 10.7. The van der Waals surface area contributed by atoms with E-state index >= 15 is 0 Å². The predicted molar refractivity (Wildman–Crippen MR) is 78.3 cm³/mol. The van der Waals surface area contributed by atoms with Gasteiger partial charge in [0, 0.05) is 37.6 Å². The molecule has 7 nitrogen and oxygen atoms in total. The molecule has 0 radical (unpaired) electrons. The number of pyridine rings is 1. The van der Waals surface area contributed by atoms with E-state index in [0.29, 0.717) is 13.1 Å². The molecule has 0 aliphatic carbocycles. The maximum absolute atomic E-state index is 12.2. The lowest BCUT2D eigenvalue weighted by Crippen LogP contribution is -2.36. The Morgan fingerprint density at radius 2 is 2.09 bits per heavy atom. The van der Waals surface area contributed by atoms with Crippen LogP contribution in [0.5, 0.6) is 5.75 Å². The molecule has 0 saturated carbocycles. The smallest absolute Gasteiger partial charge is 0.267 e. The summed E-state index contributed by atoms with van der Waals surface area (Å²) in [7, 11) is 0. The number of hydrogen-bond acceptors (Lipinski definition) is 5. The lowest BCUT2D eigenvalue weighted by molar-refractivity contribution is -0.131. The van der Waals surface area contributed by atoms with Gasteiger partial charge in [-0.25, -0.2) is 4.68 Å². The van der Waals surface area contributed by atoms with Gasteiger partial charge in [-0.2, -0.15) is 5.10 Å². The molecular weight excluding hydrogens is 284 g/mol. The minimum Gasteiger partial charge on any atom is -0.488 e. The summed E-state index contributed by atoms with van der Waals surface area (Å²) >= 11 is 0. The molecule has 114 valence electrons. The quantitative estimate of drug-likeness (QED) is 0.812. The fourth-order valence-electron chi connectivity index (χ4n) is 2.39. The molecule has 1 amide bonds. The Morgan fingerprint density at radius 1 is 1.27 bits per heavy atom. The van der Waals surface area contributed by atoms with E-state index in [1.165, 1.54) is 16.9 Å². The SMILES string of the molecule is O=C(Cn1ncccc1=O)N1CC[C@H](Oc2ccncc2)C1. The van der Waals surface area contributed by atoms with Crippen molar-refractivity contribution in [1.82, 2.24) is 19.7 Å². The highest BCUT2D eigenvalue weighted by atomic mass is 16.5. The molecule has 1 fully saturated rings. The van der Waals surface area contributed by atoms with Crippen molar-refractivity contribution in [3.8, 4) is 5.75 Å². The molecule has 0 aromatic carbocycles. The summed E-state index contributed by atoms with van der Waals surface area (Å²) < 4.78 is 6.98. The van der Waals surface area contributed by atoms with Crippen molar-refractivity contribution >= 4 is 5.91 Å². The van der Waals surface area contributed by atoms with Gasteiger partial charge >= 0.3 is 0 Å². The molecule has 0 bridgehead atoms. The normalized spacial score (nSPS) is 17.5. The van der Waals surface area contributed by atoms with Gasteiger partial charge in [-0.3, -0.25) is 14.6 Å². The van der Waals surface area contributed by atoms with Gasteiger partial charge in [-0.05, 0) is 18.2 Å². The van der Waals surface area contributed by atoms with Gasteiger partial charge in [0.25, 0.3) is 5.56 Å². The molecule has 2 aromatic rings. The Morgan fingerprint density at radius 3 is 2.86 bits per heavy atom. The number of carbonyl (C=O) groups excluding carboxylic acids is 1. The zero-order valence-electron chi connectivity index (χ0n) is 12.0. The molecule has 1 aliphatic rings. The van der Waals surface area contributed by atoms with Crippen LogP contribution in [-0.4, -0.2) is 44.8 Å². The molecule has 3 rings (SSSR count). The van der Waals surface area contributed by atoms with E-state index in [1.54, 1.807) is 35.5 Å². The van der Waals surface area contributed by atoms with Gasteiger partial charge in [0.2, 0.25) is 5.91 Å². The fraction of sp³-hybridized carbons (Fsp3) is 0.333. The van der Waals surface area contributed by atoms with Crippen LogP contribution in [0.2, 0.25) is 0 Å². The van der Waals surface area contributed by atoms with Crippen LogP contribution >= 0.6 is 0 Å². The monoisotopic (exact) mass is 300 g/mol. The standard InChI is InChI=1S/C15H16N4O3/c20-14-2-1-6-17-19(14)11-15(21)18-9-5-13(10-18)22-12-3-7-16-8-4-12/h1-4,6-8,13H,5,9-11H2/t13-/m0/s1. The van der Waals surface area contributed by atoms with E-state index in [4.69, 9.17) is 4.74 Å². The van der Waals surface area contributed by atoms with E-state index in [1.807, 2.05) is 0 Å². The highest BCUT2D eigenvalue weighted by Gasteiger charge is 2.27. The lowest BCUT2D eigenvalue weighted by atomic mass is 10.3. The predicted octanol–water partition coefficient (Wildman–Crippen LogP) is 0.318. The number of nitrogens with zero attached hydrogens (tertiary/aromatic N) is 4. The summed E-state index contributed by atoms with van der Waals surface area (Å²) in [5.74, 6) is 0.622. The van der Waals surface area contributed by atoms with Crippen molar-refractivity contribution in [3.63, 3.8) is 0 Å². The van der Waals surface area contributed by atoms with E-state index in [0.717, 1.165) is 12.2 Å². The van der Waals surface area contributed by atoms with Crippen molar-refractivity contribution in [1.29, 1.82) is 0 Å². The minimum absolute atomic E-state index is 0.0354. The summed E-state index contributed by atoms with van der Waals surface area (Å²) in [6, 6.07) is 6.52. The number of amides is 1.